The van der Waals surface area contributed by atoms with Gasteiger partial charge in [-0.15, -0.1) is 0 Å². The molecule has 1 N–H and O–H groups in total. The van der Waals surface area contributed by atoms with E-state index in [-0.39, 0.29) is 11.1 Å². The van der Waals surface area contributed by atoms with Crippen LogP contribution in [0.25, 0.3) is 0 Å². The first-order valence-corrected chi connectivity index (χ1v) is 5.86. The Morgan fingerprint density at radius 3 is 2.20 bits per heavy atom. The lowest BCUT2D eigenvalue weighted by atomic mass is 10.1. The monoisotopic (exact) mass is 273 g/mol. The second kappa shape index (κ2) is 5.52. The SMILES string of the molecule is CN(C(=O)c1ccccc1F)c1ccc(C(=O)O)cc1. The number of benzene rings is 2. The molecule has 0 bridgehead atoms. The smallest absolute Gasteiger partial charge is 0.335 e. The first kappa shape index (κ1) is 13.7. The molecule has 0 aliphatic heterocycles. The highest BCUT2D eigenvalue weighted by Gasteiger charge is 2.17. The summed E-state index contributed by atoms with van der Waals surface area (Å²) >= 11 is 0. The number of amides is 1. The largest absolute Gasteiger partial charge is 0.478 e. The summed E-state index contributed by atoms with van der Waals surface area (Å²) in [5.74, 6) is -2.13. The van der Waals surface area contributed by atoms with Crippen LogP contribution >= 0.6 is 0 Å². The van der Waals surface area contributed by atoms with Crippen molar-refractivity contribution >= 4 is 17.6 Å². The van der Waals surface area contributed by atoms with E-state index in [2.05, 4.69) is 0 Å². The molecule has 102 valence electrons. The molecule has 0 atom stereocenters. The average molecular weight is 273 g/mol. The fourth-order valence-corrected chi connectivity index (χ4v) is 1.76. The maximum Gasteiger partial charge on any atom is 0.335 e. The molecule has 0 radical (unpaired) electrons. The molecule has 0 spiro atoms. The highest BCUT2D eigenvalue weighted by Crippen LogP contribution is 2.18. The number of nitrogens with zero attached hydrogens (tertiary/aromatic N) is 1. The number of halogens is 1. The number of hydrogen-bond donors (Lipinski definition) is 1. The van der Waals surface area contributed by atoms with Crippen molar-refractivity contribution < 1.29 is 19.1 Å². The van der Waals surface area contributed by atoms with E-state index in [0.717, 1.165) is 0 Å². The van der Waals surface area contributed by atoms with Crippen molar-refractivity contribution in [3.8, 4) is 0 Å². The number of carbonyl (C=O) groups is 2. The van der Waals surface area contributed by atoms with Crippen LogP contribution in [0.2, 0.25) is 0 Å². The molecule has 2 aromatic carbocycles. The Kier molecular flexibility index (Phi) is 3.79. The number of hydrogen-bond acceptors (Lipinski definition) is 2. The number of aromatic carboxylic acids is 1. The van der Waals surface area contributed by atoms with Crippen LogP contribution in [0.4, 0.5) is 10.1 Å². The van der Waals surface area contributed by atoms with Crippen LogP contribution in [0.1, 0.15) is 20.7 Å². The molecule has 0 unspecified atom stereocenters. The average Bonchev–Trinajstić information content (AvgIpc) is 2.46. The van der Waals surface area contributed by atoms with Crippen LogP contribution in [-0.2, 0) is 0 Å². The van der Waals surface area contributed by atoms with Crippen molar-refractivity contribution in [3.05, 3.63) is 65.5 Å². The molecule has 4 nitrogen and oxygen atoms in total. The Morgan fingerprint density at radius 2 is 1.65 bits per heavy atom. The highest BCUT2D eigenvalue weighted by molar-refractivity contribution is 6.06. The Bertz CT molecular complexity index is 652. The molecule has 20 heavy (non-hydrogen) atoms. The molecule has 2 rings (SSSR count). The van der Waals surface area contributed by atoms with Gasteiger partial charge in [-0.2, -0.15) is 0 Å². The van der Waals surface area contributed by atoms with Crippen LogP contribution in [0.5, 0.6) is 0 Å². The first-order valence-electron chi connectivity index (χ1n) is 5.86. The molecular weight excluding hydrogens is 261 g/mol. The Morgan fingerprint density at radius 1 is 1.05 bits per heavy atom. The van der Waals surface area contributed by atoms with Gasteiger partial charge in [-0.25, -0.2) is 9.18 Å². The fourth-order valence-electron chi connectivity index (χ4n) is 1.76. The highest BCUT2D eigenvalue weighted by atomic mass is 19.1. The molecule has 0 aliphatic carbocycles. The van der Waals surface area contributed by atoms with Crippen molar-refractivity contribution in [2.75, 3.05) is 11.9 Å². The Balaban J connectivity index is 2.27. The predicted octanol–water partition coefficient (Wildman–Crippen LogP) is 2.80. The minimum Gasteiger partial charge on any atom is -0.478 e. The van der Waals surface area contributed by atoms with Gasteiger partial charge in [0.15, 0.2) is 0 Å². The summed E-state index contributed by atoms with van der Waals surface area (Å²) in [5, 5.41) is 8.81. The maximum absolute atomic E-state index is 13.6. The van der Waals surface area contributed by atoms with Crippen molar-refractivity contribution in [2.24, 2.45) is 0 Å². The third-order valence-electron chi connectivity index (χ3n) is 2.91. The molecule has 0 aliphatic rings. The third-order valence-corrected chi connectivity index (χ3v) is 2.91. The summed E-state index contributed by atoms with van der Waals surface area (Å²) in [5.41, 5.74) is 0.584. The van der Waals surface area contributed by atoms with E-state index in [0.29, 0.717) is 5.69 Å². The van der Waals surface area contributed by atoms with Crippen LogP contribution in [0, 0.1) is 5.82 Å². The van der Waals surface area contributed by atoms with Gasteiger partial charge < -0.3 is 10.0 Å². The molecule has 2 aromatic rings. The van der Waals surface area contributed by atoms with Gasteiger partial charge in [-0.05, 0) is 36.4 Å². The number of carboxylic acids is 1. The van der Waals surface area contributed by atoms with Gasteiger partial charge in [0.1, 0.15) is 5.82 Å². The zero-order chi connectivity index (χ0) is 14.7. The van der Waals surface area contributed by atoms with Gasteiger partial charge in [0.05, 0.1) is 11.1 Å². The van der Waals surface area contributed by atoms with Crippen LogP contribution < -0.4 is 4.90 Å². The van der Waals surface area contributed by atoms with Gasteiger partial charge in [-0.3, -0.25) is 4.79 Å². The predicted molar refractivity (Wildman–Crippen MR) is 72.5 cm³/mol. The van der Waals surface area contributed by atoms with Gasteiger partial charge in [0, 0.05) is 12.7 Å². The molecule has 0 heterocycles. The Labute approximate surface area is 115 Å². The second-order valence-electron chi connectivity index (χ2n) is 4.20. The molecule has 0 saturated carbocycles. The number of rotatable bonds is 3. The third kappa shape index (κ3) is 2.66. The summed E-state index contributed by atoms with van der Waals surface area (Å²) in [6.07, 6.45) is 0. The van der Waals surface area contributed by atoms with Crippen molar-refractivity contribution in [1.82, 2.24) is 0 Å². The zero-order valence-electron chi connectivity index (χ0n) is 10.7. The van der Waals surface area contributed by atoms with Crippen LogP contribution in [0.3, 0.4) is 0 Å². The molecule has 0 fully saturated rings. The molecular formula is C15H12FNO3. The maximum atomic E-state index is 13.6. The normalized spacial score (nSPS) is 10.1. The van der Waals surface area contributed by atoms with Gasteiger partial charge in [-0.1, -0.05) is 12.1 Å². The van der Waals surface area contributed by atoms with E-state index in [1.807, 2.05) is 0 Å². The quantitative estimate of drug-likeness (QED) is 0.935. The summed E-state index contributed by atoms with van der Waals surface area (Å²) < 4.78 is 13.6. The second-order valence-corrected chi connectivity index (χ2v) is 4.20. The molecule has 1 amide bonds. The van der Waals surface area contributed by atoms with Gasteiger partial charge >= 0.3 is 5.97 Å². The summed E-state index contributed by atoms with van der Waals surface area (Å²) in [6.45, 7) is 0. The summed E-state index contributed by atoms with van der Waals surface area (Å²) in [6, 6.07) is 11.5. The minimum absolute atomic E-state index is 0.0303. The molecule has 0 saturated heterocycles. The number of anilines is 1. The molecule has 5 heteroatoms. The van der Waals surface area contributed by atoms with Crippen LogP contribution in [-0.4, -0.2) is 24.0 Å². The van der Waals surface area contributed by atoms with E-state index in [4.69, 9.17) is 5.11 Å². The summed E-state index contributed by atoms with van der Waals surface area (Å²) in [4.78, 5) is 24.2. The van der Waals surface area contributed by atoms with Crippen molar-refractivity contribution in [1.29, 1.82) is 0 Å². The van der Waals surface area contributed by atoms with E-state index < -0.39 is 17.7 Å². The van der Waals surface area contributed by atoms with Crippen molar-refractivity contribution in [3.63, 3.8) is 0 Å². The van der Waals surface area contributed by atoms with E-state index in [1.165, 1.54) is 54.4 Å². The van der Waals surface area contributed by atoms with Crippen molar-refractivity contribution in [2.45, 2.75) is 0 Å². The zero-order valence-corrected chi connectivity index (χ0v) is 10.7. The number of carbonyl (C=O) groups excluding carboxylic acids is 1. The number of carboxylic acid groups (broad SMARTS) is 1. The van der Waals surface area contributed by atoms with E-state index in [1.54, 1.807) is 6.07 Å². The van der Waals surface area contributed by atoms with Crippen LogP contribution in [0.15, 0.2) is 48.5 Å². The lowest BCUT2D eigenvalue weighted by molar-refractivity contribution is 0.0696. The lowest BCUT2D eigenvalue weighted by Gasteiger charge is -2.17. The standard InChI is InChI=1S/C15H12FNO3/c1-17(11-8-6-10(7-9-11)15(19)20)14(18)12-4-2-3-5-13(12)16/h2-9H,1H3,(H,19,20). The molecule has 0 aromatic heterocycles. The fraction of sp³-hybridized carbons (Fsp3) is 0.0667. The topological polar surface area (TPSA) is 57.6 Å². The van der Waals surface area contributed by atoms with E-state index in [9.17, 15) is 14.0 Å². The Hall–Kier alpha value is -2.69. The lowest BCUT2D eigenvalue weighted by Crippen LogP contribution is -2.27. The first-order chi connectivity index (χ1) is 9.50. The van der Waals surface area contributed by atoms with Gasteiger partial charge in [0.2, 0.25) is 0 Å². The van der Waals surface area contributed by atoms with E-state index >= 15 is 0 Å². The summed E-state index contributed by atoms with van der Waals surface area (Å²) in [7, 11) is 1.50. The van der Waals surface area contributed by atoms with Gasteiger partial charge in [0.25, 0.3) is 5.91 Å². The minimum atomic E-state index is -1.04.